The van der Waals surface area contributed by atoms with Crippen LogP contribution in [0, 0.1) is 11.8 Å². The maximum absolute atomic E-state index is 7.43. The molecule has 0 spiro atoms. The molecule has 0 aliphatic carbocycles. The predicted molar refractivity (Wildman–Crippen MR) is 232 cm³/mol. The molecule has 0 bridgehead atoms. The van der Waals surface area contributed by atoms with Gasteiger partial charge in [0.25, 0.3) is 0 Å². The first-order chi connectivity index (χ1) is 25.8. The van der Waals surface area contributed by atoms with Crippen LogP contribution in [0.4, 0.5) is 0 Å². The van der Waals surface area contributed by atoms with Crippen molar-refractivity contribution in [2.24, 2.45) is 11.8 Å². The molecule has 0 saturated carbocycles. The Morgan fingerprint density at radius 3 is 2.09 bits per heavy atom. The number of ether oxygens (including phenoxy) is 5. The van der Waals surface area contributed by atoms with Gasteiger partial charge >= 0.3 is 0 Å². The molecular weight excluding hydrogens is 789 g/mol. The van der Waals surface area contributed by atoms with E-state index in [-0.39, 0.29) is 57.6 Å². The largest absolute Gasteiger partial charge is 0.413 e. The van der Waals surface area contributed by atoms with E-state index in [4.69, 9.17) is 32.5 Å². The Kier molecular flexibility index (Phi) is 15.6. The van der Waals surface area contributed by atoms with Crippen molar-refractivity contribution < 1.29 is 32.5 Å². The average Bonchev–Trinajstić information content (AvgIpc) is 3.44. The Morgan fingerprint density at radius 2 is 1.45 bits per heavy atom. The van der Waals surface area contributed by atoms with Gasteiger partial charge in [-0.1, -0.05) is 132 Å². The summed E-state index contributed by atoms with van der Waals surface area (Å²) in [5.74, 6) is 0.812. The second-order valence-corrected chi connectivity index (χ2v) is 30.3. The third-order valence-corrected chi connectivity index (χ3v) is 23.5. The summed E-state index contributed by atoms with van der Waals surface area (Å²) < 4.78 is 48.1. The molecule has 7 nitrogen and oxygen atoms in total. The lowest BCUT2D eigenvalue weighted by Gasteiger charge is -2.45. The summed E-state index contributed by atoms with van der Waals surface area (Å²) in [4.78, 5) is -0.00639. The van der Waals surface area contributed by atoms with Gasteiger partial charge in [0, 0.05) is 18.6 Å². The molecule has 55 heavy (non-hydrogen) atoms. The predicted octanol–water partition coefficient (Wildman–Crippen LogP) is 11.6. The molecule has 3 aliphatic heterocycles. The standard InChI is InChI=1S/C45H73BrO7Si2/c1-31(25-26-47-29-33-19-15-13-16-20-33)42-32(2)27-38(50-42)41(46)39(53-55(11,12)45(6,7)8)28-37-36(52-54(9,10)44(3,4)5)24-23-35-40(49-37)30-48-43(51-35)34-21-17-14-18-22-34/h13-22,31-32,35-43H,23-30H2,1-12H3/t31-,32-,35+,36-,37+,38-,39-,40-,41+,42+,43-/m1/s1. The Morgan fingerprint density at radius 1 is 0.818 bits per heavy atom. The number of alkyl halides is 1. The van der Waals surface area contributed by atoms with Crippen molar-refractivity contribution in [3.8, 4) is 0 Å². The van der Waals surface area contributed by atoms with Crippen LogP contribution in [0.3, 0.4) is 0 Å². The molecule has 0 amide bonds. The summed E-state index contributed by atoms with van der Waals surface area (Å²) in [5.41, 5.74) is 2.25. The summed E-state index contributed by atoms with van der Waals surface area (Å²) in [6.45, 7) is 29.8. The maximum Gasteiger partial charge on any atom is 0.192 e. The highest BCUT2D eigenvalue weighted by molar-refractivity contribution is 9.09. The van der Waals surface area contributed by atoms with Crippen LogP contribution >= 0.6 is 15.9 Å². The minimum absolute atomic E-state index is 0.00639. The second-order valence-electron chi connectivity index (χ2n) is 19.7. The van der Waals surface area contributed by atoms with Gasteiger partial charge in [-0.05, 0) is 79.3 Å². The lowest BCUT2D eigenvalue weighted by molar-refractivity contribution is -0.271. The minimum atomic E-state index is -2.20. The fourth-order valence-corrected chi connectivity index (χ4v) is 11.3. The third kappa shape index (κ3) is 11.9. The van der Waals surface area contributed by atoms with E-state index in [1.807, 2.05) is 24.3 Å². The molecule has 3 heterocycles. The smallest absolute Gasteiger partial charge is 0.192 e. The zero-order valence-corrected chi connectivity index (χ0v) is 39.6. The van der Waals surface area contributed by atoms with Gasteiger partial charge in [-0.2, -0.15) is 0 Å². The van der Waals surface area contributed by atoms with E-state index < -0.39 is 22.9 Å². The van der Waals surface area contributed by atoms with Crippen molar-refractivity contribution in [2.75, 3.05) is 13.2 Å². The molecule has 0 aromatic heterocycles. The number of benzene rings is 2. The highest BCUT2D eigenvalue weighted by atomic mass is 79.9. The lowest BCUT2D eigenvalue weighted by atomic mass is 9.90. The van der Waals surface area contributed by atoms with Crippen LogP contribution in [0.25, 0.3) is 0 Å². The van der Waals surface area contributed by atoms with E-state index in [0.717, 1.165) is 37.9 Å². The average molecular weight is 862 g/mol. The van der Waals surface area contributed by atoms with E-state index >= 15 is 0 Å². The van der Waals surface area contributed by atoms with Crippen LogP contribution < -0.4 is 0 Å². The molecule has 3 aliphatic rings. The molecule has 11 atom stereocenters. The van der Waals surface area contributed by atoms with E-state index in [2.05, 4.69) is 134 Å². The van der Waals surface area contributed by atoms with E-state index in [0.29, 0.717) is 31.5 Å². The van der Waals surface area contributed by atoms with Gasteiger partial charge in [-0.3, -0.25) is 0 Å². The van der Waals surface area contributed by atoms with Crippen LogP contribution in [0.2, 0.25) is 36.3 Å². The number of rotatable bonds is 15. The summed E-state index contributed by atoms with van der Waals surface area (Å²) in [6, 6.07) is 20.7. The highest BCUT2D eigenvalue weighted by Gasteiger charge is 2.49. The first-order valence-corrected chi connectivity index (χ1v) is 27.7. The fourth-order valence-electron chi connectivity index (χ4n) is 7.72. The van der Waals surface area contributed by atoms with Gasteiger partial charge in [-0.25, -0.2) is 0 Å². The monoisotopic (exact) mass is 860 g/mol. The van der Waals surface area contributed by atoms with E-state index in [1.54, 1.807) is 0 Å². The Balaban J connectivity index is 1.34. The zero-order chi connectivity index (χ0) is 40.2. The summed E-state index contributed by atoms with van der Waals surface area (Å²) in [6.07, 6.45) is 3.51. The molecule has 3 saturated heterocycles. The number of hydrogen-bond acceptors (Lipinski definition) is 7. The van der Waals surface area contributed by atoms with Crippen LogP contribution in [-0.4, -0.2) is 77.4 Å². The molecule has 2 aromatic carbocycles. The van der Waals surface area contributed by atoms with Crippen LogP contribution in [0.1, 0.15) is 105 Å². The second kappa shape index (κ2) is 19.0. The summed E-state index contributed by atoms with van der Waals surface area (Å²) in [5, 5.41) is 0.109. The first-order valence-electron chi connectivity index (χ1n) is 21.0. The number of hydrogen-bond donors (Lipinski definition) is 0. The Labute approximate surface area is 344 Å². The third-order valence-electron chi connectivity index (χ3n) is 13.3. The number of fused-ring (bicyclic) bond motifs is 1. The van der Waals surface area contributed by atoms with Crippen molar-refractivity contribution in [1.82, 2.24) is 0 Å². The molecule has 2 aromatic rings. The van der Waals surface area contributed by atoms with Gasteiger partial charge in [0.05, 0.1) is 54.7 Å². The molecule has 5 rings (SSSR count). The van der Waals surface area contributed by atoms with Gasteiger partial charge in [0.15, 0.2) is 22.9 Å². The fraction of sp³-hybridized carbons (Fsp3) is 0.733. The van der Waals surface area contributed by atoms with Gasteiger partial charge in [0.1, 0.15) is 6.10 Å². The molecule has 10 heteroatoms. The summed E-state index contributed by atoms with van der Waals surface area (Å²) >= 11 is 4.26. The molecule has 0 radical (unpaired) electrons. The Bertz CT molecular complexity index is 1450. The van der Waals surface area contributed by atoms with Crippen molar-refractivity contribution in [1.29, 1.82) is 0 Å². The van der Waals surface area contributed by atoms with Gasteiger partial charge in [-0.15, -0.1) is 0 Å². The summed E-state index contributed by atoms with van der Waals surface area (Å²) in [7, 11) is -4.35. The van der Waals surface area contributed by atoms with Crippen molar-refractivity contribution in [3.05, 3.63) is 71.8 Å². The topological polar surface area (TPSA) is 64.6 Å². The van der Waals surface area contributed by atoms with Crippen LogP contribution in [0.5, 0.6) is 0 Å². The van der Waals surface area contributed by atoms with Crippen LogP contribution in [0.15, 0.2) is 60.7 Å². The van der Waals surface area contributed by atoms with Crippen molar-refractivity contribution in [3.63, 3.8) is 0 Å². The van der Waals surface area contributed by atoms with Crippen LogP contribution in [-0.2, 0) is 39.1 Å². The normalized spacial score (nSPS) is 30.0. The molecular formula is C45H73BrO7Si2. The van der Waals surface area contributed by atoms with Gasteiger partial charge < -0.3 is 32.5 Å². The molecule has 310 valence electrons. The first kappa shape index (κ1) is 45.2. The van der Waals surface area contributed by atoms with E-state index in [1.165, 1.54) is 5.56 Å². The number of halogens is 1. The zero-order valence-electron chi connectivity index (χ0n) is 36.0. The molecule has 0 unspecified atom stereocenters. The Hall–Kier alpha value is -0.926. The van der Waals surface area contributed by atoms with E-state index in [9.17, 15) is 0 Å². The van der Waals surface area contributed by atoms with Crippen molar-refractivity contribution in [2.45, 2.75) is 184 Å². The van der Waals surface area contributed by atoms with Crippen molar-refractivity contribution >= 4 is 32.6 Å². The SMILES string of the molecule is C[C@H](CCOCc1ccccc1)[C@@H]1O[C@@H]([C@H](Br)[C@@H](C[C@@H]2O[C@@H]3CO[C@@H](c4ccccc4)O[C@H]3CC[C@H]2O[Si](C)(C)C(C)(C)C)O[Si](C)(C)C(C)(C)C)C[C@H]1C. The minimum Gasteiger partial charge on any atom is -0.413 e. The van der Waals surface area contributed by atoms with Gasteiger partial charge in [0.2, 0.25) is 0 Å². The highest BCUT2D eigenvalue weighted by Crippen LogP contribution is 2.45. The molecule has 0 N–H and O–H groups in total. The maximum atomic E-state index is 7.43. The quantitative estimate of drug-likeness (QED) is 0.100. The lowest BCUT2D eigenvalue weighted by Crippen LogP contribution is -2.52. The molecule has 3 fully saturated rings.